The molecule has 114 valence electrons. The highest BCUT2D eigenvalue weighted by Crippen LogP contribution is 2.39. The third-order valence-corrected chi connectivity index (χ3v) is 4.61. The van der Waals surface area contributed by atoms with Gasteiger partial charge in [-0.05, 0) is 70.3 Å². The topological polar surface area (TPSA) is 12.0 Å². The van der Waals surface area contributed by atoms with E-state index in [0.29, 0.717) is 0 Å². The first kappa shape index (κ1) is 17.0. The summed E-state index contributed by atoms with van der Waals surface area (Å²) in [6.07, 6.45) is 8.65. The van der Waals surface area contributed by atoms with Gasteiger partial charge >= 0.3 is 0 Å². The predicted molar refractivity (Wildman–Crippen MR) is 86.4 cm³/mol. The molecule has 0 aromatic rings. The van der Waals surface area contributed by atoms with Crippen molar-refractivity contribution in [1.29, 1.82) is 0 Å². The minimum atomic E-state index is 0.267. The molecule has 1 heteroatoms. The predicted octanol–water partition coefficient (Wildman–Crippen LogP) is 5.25. The van der Waals surface area contributed by atoms with Crippen LogP contribution in [0.1, 0.15) is 80.1 Å². The molecular weight excluding hydrogens is 230 g/mol. The Balaban J connectivity index is 2.52. The van der Waals surface area contributed by atoms with Crippen molar-refractivity contribution in [2.45, 2.75) is 85.6 Å². The molecule has 1 saturated carbocycles. The molecule has 1 aliphatic carbocycles. The van der Waals surface area contributed by atoms with Crippen LogP contribution < -0.4 is 5.32 Å². The first-order valence-corrected chi connectivity index (χ1v) is 8.56. The third kappa shape index (κ3) is 6.79. The van der Waals surface area contributed by atoms with Gasteiger partial charge in [0.05, 0.1) is 0 Å². The molecule has 1 rings (SSSR count). The van der Waals surface area contributed by atoms with Gasteiger partial charge in [-0.3, -0.25) is 0 Å². The molecule has 3 atom stereocenters. The maximum absolute atomic E-state index is 3.74. The molecule has 0 amide bonds. The van der Waals surface area contributed by atoms with Gasteiger partial charge in [-0.15, -0.1) is 0 Å². The second kappa shape index (κ2) is 7.67. The summed E-state index contributed by atoms with van der Waals surface area (Å²) in [5.41, 5.74) is 0.267. The van der Waals surface area contributed by atoms with Crippen LogP contribution in [0.15, 0.2) is 0 Å². The summed E-state index contributed by atoms with van der Waals surface area (Å²) in [5.74, 6) is 3.73. The minimum Gasteiger partial charge on any atom is -0.312 e. The van der Waals surface area contributed by atoms with E-state index in [0.717, 1.165) is 23.7 Å². The van der Waals surface area contributed by atoms with Crippen LogP contribution >= 0.6 is 0 Å². The Morgan fingerprint density at radius 1 is 1.11 bits per heavy atom. The maximum atomic E-state index is 3.74. The van der Waals surface area contributed by atoms with Gasteiger partial charge in [0.2, 0.25) is 0 Å². The quantitative estimate of drug-likeness (QED) is 0.693. The van der Waals surface area contributed by atoms with Gasteiger partial charge in [0.1, 0.15) is 0 Å². The number of hydrogen-bond acceptors (Lipinski definition) is 1. The first-order chi connectivity index (χ1) is 8.81. The second-order valence-electron chi connectivity index (χ2n) is 8.25. The molecule has 1 N–H and O–H groups in total. The normalized spacial score (nSPS) is 28.9. The summed E-state index contributed by atoms with van der Waals surface area (Å²) in [6.45, 7) is 15.2. The van der Waals surface area contributed by atoms with Crippen LogP contribution in [0.4, 0.5) is 0 Å². The van der Waals surface area contributed by atoms with Gasteiger partial charge in [0.15, 0.2) is 0 Å². The smallest absolute Gasteiger partial charge is 0.00966 e. The monoisotopic (exact) mass is 267 g/mol. The van der Waals surface area contributed by atoms with Gasteiger partial charge < -0.3 is 5.32 Å². The van der Waals surface area contributed by atoms with Crippen LogP contribution in [0.3, 0.4) is 0 Å². The average Bonchev–Trinajstić information content (AvgIpc) is 2.26. The van der Waals surface area contributed by atoms with Gasteiger partial charge in [0, 0.05) is 5.54 Å². The zero-order valence-corrected chi connectivity index (χ0v) is 14.3. The van der Waals surface area contributed by atoms with Crippen molar-refractivity contribution in [3.05, 3.63) is 0 Å². The largest absolute Gasteiger partial charge is 0.312 e. The molecule has 0 bridgehead atoms. The van der Waals surface area contributed by atoms with Crippen molar-refractivity contribution < 1.29 is 0 Å². The Bertz CT molecular complexity index is 239. The SMILES string of the molecule is CCCC1CCC(CNC(C)(C)C)C(CC(C)C)C1. The fourth-order valence-electron chi connectivity index (χ4n) is 3.69. The van der Waals surface area contributed by atoms with Crippen molar-refractivity contribution in [1.82, 2.24) is 5.32 Å². The Kier molecular flexibility index (Phi) is 6.86. The van der Waals surface area contributed by atoms with Crippen molar-refractivity contribution >= 4 is 0 Å². The van der Waals surface area contributed by atoms with E-state index in [2.05, 4.69) is 46.9 Å². The lowest BCUT2D eigenvalue weighted by Crippen LogP contribution is -2.42. The first-order valence-electron chi connectivity index (χ1n) is 8.56. The standard InChI is InChI=1S/C18H37N/c1-7-8-15-9-10-16(13-19-18(4,5)6)17(12-15)11-14(2)3/h14-17,19H,7-13H2,1-6H3. The van der Waals surface area contributed by atoms with E-state index >= 15 is 0 Å². The van der Waals surface area contributed by atoms with E-state index in [-0.39, 0.29) is 5.54 Å². The van der Waals surface area contributed by atoms with Crippen LogP contribution in [0, 0.1) is 23.7 Å². The number of nitrogens with one attached hydrogen (secondary N) is 1. The van der Waals surface area contributed by atoms with E-state index in [1.165, 1.54) is 45.1 Å². The third-order valence-electron chi connectivity index (χ3n) is 4.61. The van der Waals surface area contributed by atoms with Crippen molar-refractivity contribution in [3.63, 3.8) is 0 Å². The average molecular weight is 268 g/mol. The highest BCUT2D eigenvalue weighted by atomic mass is 14.9. The van der Waals surface area contributed by atoms with Crippen LogP contribution in [0.2, 0.25) is 0 Å². The molecule has 0 aromatic carbocycles. The Hall–Kier alpha value is -0.0400. The lowest BCUT2D eigenvalue weighted by Gasteiger charge is -2.38. The molecule has 0 spiro atoms. The molecule has 1 nitrogen and oxygen atoms in total. The van der Waals surface area contributed by atoms with Gasteiger partial charge in [-0.2, -0.15) is 0 Å². The van der Waals surface area contributed by atoms with Crippen LogP contribution in [0.25, 0.3) is 0 Å². The highest BCUT2D eigenvalue weighted by molar-refractivity contribution is 4.84. The zero-order valence-electron chi connectivity index (χ0n) is 14.3. The Labute approximate surface area is 121 Å². The van der Waals surface area contributed by atoms with Gasteiger partial charge in [-0.25, -0.2) is 0 Å². The lowest BCUT2D eigenvalue weighted by atomic mass is 9.70. The molecule has 0 heterocycles. The lowest BCUT2D eigenvalue weighted by molar-refractivity contribution is 0.140. The molecule has 0 aliphatic heterocycles. The molecular formula is C18H37N. The summed E-state index contributed by atoms with van der Waals surface area (Å²) < 4.78 is 0. The van der Waals surface area contributed by atoms with Crippen molar-refractivity contribution in [3.8, 4) is 0 Å². The molecule has 0 saturated heterocycles. The summed E-state index contributed by atoms with van der Waals surface area (Å²) in [6, 6.07) is 0. The van der Waals surface area contributed by atoms with E-state index < -0.39 is 0 Å². The highest BCUT2D eigenvalue weighted by Gasteiger charge is 2.30. The van der Waals surface area contributed by atoms with E-state index in [1.54, 1.807) is 0 Å². The Morgan fingerprint density at radius 2 is 1.79 bits per heavy atom. The van der Waals surface area contributed by atoms with Crippen LogP contribution in [-0.2, 0) is 0 Å². The molecule has 19 heavy (non-hydrogen) atoms. The fraction of sp³-hybridized carbons (Fsp3) is 1.00. The van der Waals surface area contributed by atoms with E-state index in [1.807, 2.05) is 0 Å². The van der Waals surface area contributed by atoms with Crippen molar-refractivity contribution in [2.24, 2.45) is 23.7 Å². The molecule has 1 fully saturated rings. The van der Waals surface area contributed by atoms with E-state index in [9.17, 15) is 0 Å². The molecule has 0 radical (unpaired) electrons. The summed E-state index contributed by atoms with van der Waals surface area (Å²) in [4.78, 5) is 0. The molecule has 3 unspecified atom stereocenters. The maximum Gasteiger partial charge on any atom is 0.00966 e. The summed E-state index contributed by atoms with van der Waals surface area (Å²) in [7, 11) is 0. The van der Waals surface area contributed by atoms with Crippen molar-refractivity contribution in [2.75, 3.05) is 6.54 Å². The number of hydrogen-bond donors (Lipinski definition) is 1. The fourth-order valence-corrected chi connectivity index (χ4v) is 3.69. The van der Waals surface area contributed by atoms with E-state index in [4.69, 9.17) is 0 Å². The molecule has 0 aromatic heterocycles. The number of rotatable bonds is 6. The molecule has 1 aliphatic rings. The zero-order chi connectivity index (χ0) is 14.5. The van der Waals surface area contributed by atoms with Crippen LogP contribution in [-0.4, -0.2) is 12.1 Å². The van der Waals surface area contributed by atoms with Crippen LogP contribution in [0.5, 0.6) is 0 Å². The Morgan fingerprint density at radius 3 is 2.32 bits per heavy atom. The minimum absolute atomic E-state index is 0.267. The second-order valence-corrected chi connectivity index (χ2v) is 8.25. The van der Waals surface area contributed by atoms with Gasteiger partial charge in [0.25, 0.3) is 0 Å². The summed E-state index contributed by atoms with van der Waals surface area (Å²) >= 11 is 0. The summed E-state index contributed by atoms with van der Waals surface area (Å²) in [5, 5.41) is 3.74. The van der Waals surface area contributed by atoms with Gasteiger partial charge in [-0.1, -0.05) is 40.0 Å².